The monoisotopic (exact) mass is 337 g/mol. The summed E-state index contributed by atoms with van der Waals surface area (Å²) in [6.07, 6.45) is 5.42. The summed E-state index contributed by atoms with van der Waals surface area (Å²) in [6.45, 7) is 0.368. The van der Waals surface area contributed by atoms with Gasteiger partial charge in [0.2, 0.25) is 0 Å². The van der Waals surface area contributed by atoms with Crippen LogP contribution in [-0.2, 0) is 11.3 Å². The number of ether oxygens (including phenoxy) is 1. The highest BCUT2D eigenvalue weighted by Gasteiger charge is 2.40. The van der Waals surface area contributed by atoms with Gasteiger partial charge in [-0.3, -0.25) is 0 Å². The average molecular weight is 338 g/mol. The van der Waals surface area contributed by atoms with E-state index in [1.807, 2.05) is 35.2 Å². The molecule has 1 aromatic carbocycles. The van der Waals surface area contributed by atoms with Gasteiger partial charge in [0.1, 0.15) is 6.61 Å². The van der Waals surface area contributed by atoms with Crippen LogP contribution in [0, 0.1) is 0 Å². The number of hydrogen-bond acceptors (Lipinski definition) is 2. The van der Waals surface area contributed by atoms with Crippen LogP contribution in [0.1, 0.15) is 37.7 Å². The number of carbonyl (C=O) groups excluding carboxylic acids is 1. The lowest BCUT2D eigenvalue weighted by molar-refractivity contribution is 0.0221. The number of fused-ring (bicyclic) bond motifs is 2. The molecule has 0 spiro atoms. The number of hydrogen-bond donors (Lipinski definition) is 0. The normalized spacial score (nSPS) is 29.1. The average Bonchev–Trinajstić information content (AvgIpc) is 2.45. The smallest absolute Gasteiger partial charge is 0.410 e. The van der Waals surface area contributed by atoms with E-state index in [4.69, 9.17) is 4.74 Å². The predicted molar refractivity (Wildman–Crippen MR) is 81.8 cm³/mol. The van der Waals surface area contributed by atoms with Crippen LogP contribution in [0.4, 0.5) is 4.79 Å². The molecule has 1 amide bonds. The molecule has 0 radical (unpaired) electrons. The second-order valence-electron chi connectivity index (χ2n) is 5.75. The summed E-state index contributed by atoms with van der Waals surface area (Å²) < 4.78 is 5.51. The van der Waals surface area contributed by atoms with Crippen LogP contribution in [0.3, 0.4) is 0 Å². The quantitative estimate of drug-likeness (QED) is 0.760. The molecular formula is C16H20BrNO2. The van der Waals surface area contributed by atoms with Crippen molar-refractivity contribution in [1.29, 1.82) is 0 Å². The molecule has 2 heterocycles. The van der Waals surface area contributed by atoms with E-state index in [2.05, 4.69) is 15.9 Å². The van der Waals surface area contributed by atoms with Crippen molar-refractivity contribution in [2.45, 2.75) is 55.6 Å². The van der Waals surface area contributed by atoms with Crippen molar-refractivity contribution >= 4 is 22.0 Å². The Balaban J connectivity index is 1.62. The van der Waals surface area contributed by atoms with Crippen molar-refractivity contribution in [3.05, 3.63) is 35.9 Å². The minimum absolute atomic E-state index is 0.136. The standard InChI is InChI=1S/C16H20BrNO2/c17-13-9-14-7-4-8-15(10-13)18(14)16(19)20-11-12-5-2-1-3-6-12/h1-3,5-6,13-15H,4,7-11H2. The number of carbonyl (C=O) groups is 1. The van der Waals surface area contributed by atoms with Gasteiger partial charge >= 0.3 is 6.09 Å². The summed E-state index contributed by atoms with van der Waals surface area (Å²) in [4.78, 5) is 14.9. The van der Waals surface area contributed by atoms with E-state index in [1.54, 1.807) is 0 Å². The molecule has 2 unspecified atom stereocenters. The fourth-order valence-electron chi connectivity index (χ4n) is 3.41. The minimum atomic E-state index is -0.136. The predicted octanol–water partition coefficient (Wildman–Crippen LogP) is 4.10. The Morgan fingerprint density at radius 1 is 1.20 bits per heavy atom. The Morgan fingerprint density at radius 2 is 1.85 bits per heavy atom. The molecule has 2 atom stereocenters. The molecule has 108 valence electrons. The van der Waals surface area contributed by atoms with Crippen LogP contribution in [0.15, 0.2) is 30.3 Å². The maximum Gasteiger partial charge on any atom is 0.410 e. The van der Waals surface area contributed by atoms with Gasteiger partial charge in [-0.15, -0.1) is 0 Å². The van der Waals surface area contributed by atoms with Crippen molar-refractivity contribution < 1.29 is 9.53 Å². The number of piperidine rings is 2. The number of alkyl halides is 1. The van der Waals surface area contributed by atoms with Crippen molar-refractivity contribution in [2.75, 3.05) is 0 Å². The van der Waals surface area contributed by atoms with E-state index in [-0.39, 0.29) is 6.09 Å². The van der Waals surface area contributed by atoms with E-state index < -0.39 is 0 Å². The molecule has 0 N–H and O–H groups in total. The summed E-state index contributed by atoms with van der Waals surface area (Å²) in [5, 5.41) is 0. The van der Waals surface area contributed by atoms with Crippen molar-refractivity contribution in [3.63, 3.8) is 0 Å². The molecule has 2 fully saturated rings. The SMILES string of the molecule is O=C(OCc1ccccc1)N1C2CCCC1CC(Br)C2. The Kier molecular flexibility index (Phi) is 4.29. The van der Waals surface area contributed by atoms with Gasteiger partial charge in [-0.1, -0.05) is 46.3 Å². The molecule has 0 saturated carbocycles. The van der Waals surface area contributed by atoms with Crippen LogP contribution < -0.4 is 0 Å². The third-order valence-corrected chi connectivity index (χ3v) is 5.08. The number of halogens is 1. The first kappa shape index (κ1) is 13.9. The van der Waals surface area contributed by atoms with E-state index in [0.29, 0.717) is 23.5 Å². The zero-order valence-electron chi connectivity index (χ0n) is 11.5. The number of nitrogens with zero attached hydrogens (tertiary/aromatic N) is 1. The second kappa shape index (κ2) is 6.17. The lowest BCUT2D eigenvalue weighted by atomic mass is 9.85. The van der Waals surface area contributed by atoms with Crippen LogP contribution in [0.25, 0.3) is 0 Å². The highest BCUT2D eigenvalue weighted by molar-refractivity contribution is 9.09. The lowest BCUT2D eigenvalue weighted by Gasteiger charge is -2.46. The first-order valence-electron chi connectivity index (χ1n) is 7.37. The van der Waals surface area contributed by atoms with Gasteiger partial charge in [0.15, 0.2) is 0 Å². The molecule has 0 aliphatic carbocycles. The van der Waals surface area contributed by atoms with E-state index in [9.17, 15) is 4.79 Å². The third kappa shape index (κ3) is 3.00. The van der Waals surface area contributed by atoms with Gasteiger partial charge in [0.05, 0.1) is 0 Å². The molecule has 2 aliphatic rings. The molecular weight excluding hydrogens is 318 g/mol. The number of amides is 1. The van der Waals surface area contributed by atoms with Crippen molar-refractivity contribution in [1.82, 2.24) is 4.90 Å². The Labute approximate surface area is 128 Å². The van der Waals surface area contributed by atoms with Crippen molar-refractivity contribution in [3.8, 4) is 0 Å². The first-order chi connectivity index (χ1) is 9.74. The zero-order chi connectivity index (χ0) is 13.9. The molecule has 2 bridgehead atoms. The maximum atomic E-state index is 12.4. The van der Waals surface area contributed by atoms with Gasteiger partial charge in [-0.25, -0.2) is 4.79 Å². The fourth-order valence-corrected chi connectivity index (χ4v) is 4.27. The molecule has 2 saturated heterocycles. The van der Waals surface area contributed by atoms with E-state index in [0.717, 1.165) is 31.2 Å². The Bertz CT molecular complexity index is 451. The van der Waals surface area contributed by atoms with Crippen LogP contribution in [0.2, 0.25) is 0 Å². The minimum Gasteiger partial charge on any atom is -0.445 e. The second-order valence-corrected chi connectivity index (χ2v) is 7.05. The topological polar surface area (TPSA) is 29.5 Å². The van der Waals surface area contributed by atoms with E-state index in [1.165, 1.54) is 6.42 Å². The van der Waals surface area contributed by atoms with Crippen molar-refractivity contribution in [2.24, 2.45) is 0 Å². The third-order valence-electron chi connectivity index (χ3n) is 4.33. The lowest BCUT2D eigenvalue weighted by Crippen LogP contribution is -2.55. The van der Waals surface area contributed by atoms with Gasteiger partial charge in [-0.05, 0) is 37.7 Å². The summed E-state index contributed by atoms with van der Waals surface area (Å²) in [7, 11) is 0. The highest BCUT2D eigenvalue weighted by Crippen LogP contribution is 2.37. The number of rotatable bonds is 2. The summed E-state index contributed by atoms with van der Waals surface area (Å²) in [5.41, 5.74) is 1.04. The maximum absolute atomic E-state index is 12.4. The van der Waals surface area contributed by atoms with Gasteiger partial charge in [0.25, 0.3) is 0 Å². The van der Waals surface area contributed by atoms with Crippen LogP contribution >= 0.6 is 15.9 Å². The summed E-state index contributed by atoms with van der Waals surface area (Å²) in [6, 6.07) is 10.6. The van der Waals surface area contributed by atoms with Crippen LogP contribution in [0.5, 0.6) is 0 Å². The van der Waals surface area contributed by atoms with Gasteiger partial charge < -0.3 is 9.64 Å². The first-order valence-corrected chi connectivity index (χ1v) is 8.28. The summed E-state index contributed by atoms with van der Waals surface area (Å²) in [5.74, 6) is 0. The molecule has 2 aliphatic heterocycles. The molecule has 0 aromatic heterocycles. The highest BCUT2D eigenvalue weighted by atomic mass is 79.9. The molecule has 20 heavy (non-hydrogen) atoms. The van der Waals surface area contributed by atoms with Crippen LogP contribution in [-0.4, -0.2) is 27.9 Å². The van der Waals surface area contributed by atoms with Gasteiger partial charge in [0, 0.05) is 16.9 Å². The number of benzene rings is 1. The summed E-state index contributed by atoms with van der Waals surface area (Å²) >= 11 is 3.72. The molecule has 3 rings (SSSR count). The van der Waals surface area contributed by atoms with Gasteiger partial charge in [-0.2, -0.15) is 0 Å². The zero-order valence-corrected chi connectivity index (χ0v) is 13.1. The Morgan fingerprint density at radius 3 is 2.50 bits per heavy atom. The Hall–Kier alpha value is -1.03. The fraction of sp³-hybridized carbons (Fsp3) is 0.562. The van der Waals surface area contributed by atoms with E-state index >= 15 is 0 Å². The largest absolute Gasteiger partial charge is 0.445 e. The molecule has 4 heteroatoms. The molecule has 1 aromatic rings. The molecule has 3 nitrogen and oxygen atoms in total.